The fourth-order valence-electron chi connectivity index (χ4n) is 1.67. The number of amides is 2. The highest BCUT2D eigenvalue weighted by Crippen LogP contribution is 2.03. The van der Waals surface area contributed by atoms with Crippen molar-refractivity contribution in [3.63, 3.8) is 0 Å². The maximum Gasteiger partial charge on any atom is 0.326 e. The van der Waals surface area contributed by atoms with Crippen LogP contribution >= 0.6 is 11.8 Å². The summed E-state index contributed by atoms with van der Waals surface area (Å²) < 4.78 is 12.7. The van der Waals surface area contributed by atoms with Crippen molar-refractivity contribution in [1.29, 1.82) is 0 Å². The summed E-state index contributed by atoms with van der Waals surface area (Å²) in [4.78, 5) is 22.6. The van der Waals surface area contributed by atoms with Crippen LogP contribution in [0.25, 0.3) is 0 Å². The molecule has 5 nitrogen and oxygen atoms in total. The Morgan fingerprint density at radius 3 is 2.57 bits per heavy atom. The minimum Gasteiger partial charge on any atom is -0.480 e. The first-order valence-corrected chi connectivity index (χ1v) is 7.93. The molecule has 0 aliphatic heterocycles. The number of halogens is 1. The van der Waals surface area contributed by atoms with Gasteiger partial charge in [0.25, 0.3) is 0 Å². The summed E-state index contributed by atoms with van der Waals surface area (Å²) in [5.74, 6) is -0.687. The number of hydrogen-bond acceptors (Lipinski definition) is 3. The lowest BCUT2D eigenvalue weighted by Gasteiger charge is -2.14. The number of aliphatic carboxylic acids is 1. The van der Waals surface area contributed by atoms with E-state index in [-0.39, 0.29) is 5.82 Å². The fraction of sp³-hybridized carbons (Fsp3) is 0.429. The average Bonchev–Trinajstić information content (AvgIpc) is 2.45. The minimum atomic E-state index is -1.04. The van der Waals surface area contributed by atoms with Crippen molar-refractivity contribution in [2.75, 3.05) is 18.6 Å². The Balaban J connectivity index is 2.32. The first-order chi connectivity index (χ1) is 10.0. The number of rotatable bonds is 8. The van der Waals surface area contributed by atoms with Crippen molar-refractivity contribution in [1.82, 2.24) is 10.6 Å². The molecular weight excluding hydrogens is 295 g/mol. The van der Waals surface area contributed by atoms with Crippen molar-refractivity contribution < 1.29 is 19.1 Å². The molecule has 1 rings (SSSR count). The molecule has 0 aliphatic carbocycles. The van der Waals surface area contributed by atoms with Crippen LogP contribution < -0.4 is 10.6 Å². The summed E-state index contributed by atoms with van der Waals surface area (Å²) in [5.41, 5.74) is 0.897. The maximum atomic E-state index is 12.7. The van der Waals surface area contributed by atoms with Crippen molar-refractivity contribution in [3.05, 3.63) is 35.6 Å². The Morgan fingerprint density at radius 1 is 1.33 bits per heavy atom. The van der Waals surface area contributed by atoms with Crippen molar-refractivity contribution in [2.45, 2.75) is 18.9 Å². The van der Waals surface area contributed by atoms with Gasteiger partial charge in [-0.25, -0.2) is 14.0 Å². The van der Waals surface area contributed by atoms with Crippen LogP contribution in [-0.2, 0) is 11.2 Å². The topological polar surface area (TPSA) is 78.4 Å². The van der Waals surface area contributed by atoms with Crippen LogP contribution in [0.4, 0.5) is 9.18 Å². The number of carbonyl (C=O) groups is 2. The van der Waals surface area contributed by atoms with Crippen LogP contribution in [0.5, 0.6) is 0 Å². The van der Waals surface area contributed by atoms with Crippen LogP contribution in [0.2, 0.25) is 0 Å². The fourth-order valence-corrected chi connectivity index (χ4v) is 2.15. The van der Waals surface area contributed by atoms with E-state index in [4.69, 9.17) is 5.11 Å². The summed E-state index contributed by atoms with van der Waals surface area (Å²) >= 11 is 1.53. The highest BCUT2D eigenvalue weighted by Gasteiger charge is 2.18. The van der Waals surface area contributed by atoms with E-state index in [1.54, 1.807) is 12.1 Å². The Bertz CT molecular complexity index is 468. The van der Waals surface area contributed by atoms with E-state index in [9.17, 15) is 14.0 Å². The van der Waals surface area contributed by atoms with Crippen molar-refractivity contribution in [2.24, 2.45) is 0 Å². The third kappa shape index (κ3) is 6.99. The average molecular weight is 314 g/mol. The molecule has 0 saturated heterocycles. The van der Waals surface area contributed by atoms with Gasteiger partial charge in [0.05, 0.1) is 0 Å². The highest BCUT2D eigenvalue weighted by atomic mass is 32.2. The van der Waals surface area contributed by atoms with E-state index >= 15 is 0 Å². The van der Waals surface area contributed by atoms with Crippen LogP contribution in [0.1, 0.15) is 12.0 Å². The molecule has 0 fully saturated rings. The summed E-state index contributed by atoms with van der Waals surface area (Å²) in [6, 6.07) is 4.62. The van der Waals surface area contributed by atoms with Gasteiger partial charge >= 0.3 is 12.0 Å². The monoisotopic (exact) mass is 314 g/mol. The van der Waals surface area contributed by atoms with Gasteiger partial charge in [0.2, 0.25) is 0 Å². The largest absolute Gasteiger partial charge is 0.480 e. The number of nitrogens with one attached hydrogen (secondary N) is 2. The zero-order valence-electron chi connectivity index (χ0n) is 11.8. The van der Waals surface area contributed by atoms with Crippen LogP contribution in [0.15, 0.2) is 24.3 Å². The van der Waals surface area contributed by atoms with Gasteiger partial charge in [-0.2, -0.15) is 11.8 Å². The zero-order valence-corrected chi connectivity index (χ0v) is 12.6. The molecule has 1 aromatic rings. The predicted octanol–water partition coefficient (Wildman–Crippen LogP) is 1.87. The molecule has 0 saturated carbocycles. The van der Waals surface area contributed by atoms with Gasteiger partial charge in [-0.05, 0) is 42.5 Å². The highest BCUT2D eigenvalue weighted by molar-refractivity contribution is 7.98. The van der Waals surface area contributed by atoms with Gasteiger partial charge in [0.1, 0.15) is 11.9 Å². The molecule has 3 N–H and O–H groups in total. The Morgan fingerprint density at radius 2 is 2.00 bits per heavy atom. The number of carboxylic acids is 1. The molecule has 0 heterocycles. The van der Waals surface area contributed by atoms with Crippen LogP contribution in [0, 0.1) is 5.82 Å². The summed E-state index contributed by atoms with van der Waals surface area (Å²) in [5, 5.41) is 14.0. The number of hydrogen-bond donors (Lipinski definition) is 3. The van der Waals surface area contributed by atoms with Crippen LogP contribution in [0.3, 0.4) is 0 Å². The molecule has 1 aromatic carbocycles. The van der Waals surface area contributed by atoms with E-state index < -0.39 is 18.0 Å². The van der Waals surface area contributed by atoms with E-state index in [2.05, 4.69) is 10.6 Å². The van der Waals surface area contributed by atoms with Gasteiger partial charge < -0.3 is 15.7 Å². The van der Waals surface area contributed by atoms with Gasteiger partial charge in [-0.1, -0.05) is 12.1 Å². The zero-order chi connectivity index (χ0) is 15.7. The standard InChI is InChI=1S/C14H19FN2O3S/c1-21-9-7-12(13(18)19)17-14(20)16-8-6-10-2-4-11(15)5-3-10/h2-5,12H,6-9H2,1H3,(H,18,19)(H2,16,17,20)/t12-/m0/s1. The van der Waals surface area contributed by atoms with Crippen LogP contribution in [-0.4, -0.2) is 41.7 Å². The molecule has 0 aromatic heterocycles. The summed E-state index contributed by atoms with van der Waals surface area (Å²) in [6.07, 6.45) is 2.81. The lowest BCUT2D eigenvalue weighted by Crippen LogP contribution is -2.46. The molecule has 0 spiro atoms. The molecule has 21 heavy (non-hydrogen) atoms. The SMILES string of the molecule is CSCC[C@H](NC(=O)NCCc1ccc(F)cc1)C(=O)O. The van der Waals surface area contributed by atoms with Gasteiger partial charge in [-0.15, -0.1) is 0 Å². The van der Waals surface area contributed by atoms with Gasteiger partial charge in [0.15, 0.2) is 0 Å². The second-order valence-corrected chi connectivity index (χ2v) is 5.43. The Labute approximate surface area is 127 Å². The normalized spacial score (nSPS) is 11.7. The molecule has 7 heteroatoms. The van der Waals surface area contributed by atoms with Crippen molar-refractivity contribution in [3.8, 4) is 0 Å². The third-order valence-corrected chi connectivity index (χ3v) is 3.47. The predicted molar refractivity (Wildman–Crippen MR) is 81.1 cm³/mol. The summed E-state index contributed by atoms with van der Waals surface area (Å²) in [7, 11) is 0. The lowest BCUT2D eigenvalue weighted by atomic mass is 10.1. The van der Waals surface area contributed by atoms with Gasteiger partial charge in [0, 0.05) is 6.54 Å². The molecule has 1 atom stereocenters. The second-order valence-electron chi connectivity index (χ2n) is 4.45. The molecule has 0 radical (unpaired) electrons. The first-order valence-electron chi connectivity index (χ1n) is 6.53. The lowest BCUT2D eigenvalue weighted by molar-refractivity contribution is -0.139. The van der Waals surface area contributed by atoms with E-state index in [1.807, 2.05) is 6.26 Å². The molecule has 116 valence electrons. The number of urea groups is 1. The minimum absolute atomic E-state index is 0.303. The number of benzene rings is 1. The van der Waals surface area contributed by atoms with Crippen molar-refractivity contribution >= 4 is 23.8 Å². The summed E-state index contributed by atoms with van der Waals surface area (Å²) in [6.45, 7) is 0.354. The third-order valence-electron chi connectivity index (χ3n) is 2.83. The first kappa shape index (κ1) is 17.3. The van der Waals surface area contributed by atoms with E-state index in [0.717, 1.165) is 5.56 Å². The Hall–Kier alpha value is -1.76. The Kier molecular flexibility index (Phi) is 7.60. The second kappa shape index (κ2) is 9.23. The number of thioether (sulfide) groups is 1. The maximum absolute atomic E-state index is 12.7. The quantitative estimate of drug-likeness (QED) is 0.684. The van der Waals surface area contributed by atoms with E-state index in [0.29, 0.717) is 25.1 Å². The molecule has 0 aliphatic rings. The molecule has 2 amide bonds. The van der Waals surface area contributed by atoms with E-state index in [1.165, 1.54) is 23.9 Å². The number of carboxylic acid groups (broad SMARTS) is 1. The smallest absolute Gasteiger partial charge is 0.326 e. The molecule has 0 bridgehead atoms. The number of carbonyl (C=O) groups excluding carboxylic acids is 1. The molecular formula is C14H19FN2O3S. The van der Waals surface area contributed by atoms with Gasteiger partial charge in [-0.3, -0.25) is 0 Å². The molecule has 0 unspecified atom stereocenters.